The Morgan fingerprint density at radius 1 is 1.21 bits per heavy atom. The summed E-state index contributed by atoms with van der Waals surface area (Å²) in [4.78, 5) is 4.80. The van der Waals surface area contributed by atoms with Gasteiger partial charge >= 0.3 is 6.18 Å². The van der Waals surface area contributed by atoms with E-state index in [0.717, 1.165) is 63.7 Å². The molecule has 1 atom stereocenters. The molecule has 160 valence electrons. The molecule has 0 spiro atoms. The molecule has 0 bridgehead atoms. The number of nitrogens with zero attached hydrogens (tertiary/aromatic N) is 4. The Hall–Kier alpha value is -1.86. The van der Waals surface area contributed by atoms with Crippen LogP contribution >= 0.6 is 0 Å². The van der Waals surface area contributed by atoms with Crippen molar-refractivity contribution in [2.45, 2.75) is 38.4 Å². The van der Waals surface area contributed by atoms with E-state index in [2.05, 4.69) is 21.9 Å². The second-order valence-electron chi connectivity index (χ2n) is 8.14. The molecule has 29 heavy (non-hydrogen) atoms. The Balaban J connectivity index is 1.40. The van der Waals surface area contributed by atoms with Gasteiger partial charge in [0.2, 0.25) is 0 Å². The zero-order chi connectivity index (χ0) is 20.7. The minimum atomic E-state index is -4.27. The maximum Gasteiger partial charge on any atom is 0.416 e. The quantitative estimate of drug-likeness (QED) is 0.622. The van der Waals surface area contributed by atoms with Crippen molar-refractivity contribution in [3.8, 4) is 0 Å². The average Bonchev–Trinajstić information content (AvgIpc) is 3.20. The second-order valence-corrected chi connectivity index (χ2v) is 8.14. The molecule has 0 radical (unpaired) electrons. The van der Waals surface area contributed by atoms with Crippen molar-refractivity contribution in [2.75, 3.05) is 39.8 Å². The highest BCUT2D eigenvalue weighted by molar-refractivity contribution is 5.25. The van der Waals surface area contributed by atoms with Crippen LogP contribution in [0, 0.1) is 5.92 Å². The van der Waals surface area contributed by atoms with Crippen LogP contribution in [0.2, 0.25) is 0 Å². The normalized spacial score (nSPS) is 18.4. The van der Waals surface area contributed by atoms with E-state index in [1.54, 1.807) is 12.3 Å². The third-order valence-electron chi connectivity index (χ3n) is 5.63. The fraction of sp³-hybridized carbons (Fsp3) is 0.591. The number of aryl methyl sites for hydroxylation is 1. The molecule has 2 aromatic rings. The number of likely N-dealkylation sites (tertiary alicyclic amines) is 1. The van der Waals surface area contributed by atoms with Crippen molar-refractivity contribution >= 4 is 0 Å². The molecular weight excluding hydrogens is 377 g/mol. The number of rotatable bonds is 9. The summed E-state index contributed by atoms with van der Waals surface area (Å²) in [5.41, 5.74) is 0.209. The standard InChI is InChI=1S/C22H31F3N4/c1-27(11-5-14-29-13-4-10-26-29)17-20-7-3-12-28(18-20)15-9-19-6-2-8-21(16-19)22(23,24)25/h2,4,6,8,10,13,16,20H,3,5,7,9,11-12,14-15,17-18H2,1H3/t20-/m1/s1. The van der Waals surface area contributed by atoms with Crippen LogP contribution in [0.1, 0.15) is 30.4 Å². The first kappa shape index (κ1) is 21.8. The predicted octanol–water partition coefficient (Wildman–Crippen LogP) is 4.18. The van der Waals surface area contributed by atoms with E-state index in [4.69, 9.17) is 0 Å². The maximum absolute atomic E-state index is 12.9. The van der Waals surface area contributed by atoms with Gasteiger partial charge in [-0.25, -0.2) is 0 Å². The molecule has 0 amide bonds. The summed E-state index contributed by atoms with van der Waals surface area (Å²) in [6.45, 7) is 5.94. The van der Waals surface area contributed by atoms with Gasteiger partial charge in [0.25, 0.3) is 0 Å². The van der Waals surface area contributed by atoms with E-state index in [-0.39, 0.29) is 0 Å². The first-order valence-electron chi connectivity index (χ1n) is 10.4. The summed E-state index contributed by atoms with van der Waals surface area (Å²) < 4.78 is 40.6. The predicted molar refractivity (Wildman–Crippen MR) is 109 cm³/mol. The van der Waals surface area contributed by atoms with Crippen molar-refractivity contribution < 1.29 is 13.2 Å². The molecule has 1 aliphatic heterocycles. The first-order valence-corrected chi connectivity index (χ1v) is 10.4. The van der Waals surface area contributed by atoms with Gasteiger partial charge in [-0.05, 0) is 69.4 Å². The van der Waals surface area contributed by atoms with E-state index in [1.807, 2.05) is 16.9 Å². The van der Waals surface area contributed by atoms with Crippen LogP contribution in [-0.4, -0.2) is 59.4 Å². The zero-order valence-electron chi connectivity index (χ0n) is 17.1. The molecule has 0 N–H and O–H groups in total. The number of halogens is 3. The van der Waals surface area contributed by atoms with E-state index < -0.39 is 11.7 Å². The Labute approximate surface area is 171 Å². The molecule has 1 aliphatic rings. The Kier molecular flexibility index (Phi) is 7.72. The molecule has 1 saturated heterocycles. The molecule has 7 heteroatoms. The molecule has 4 nitrogen and oxygen atoms in total. The summed E-state index contributed by atoms with van der Waals surface area (Å²) in [5.74, 6) is 0.625. The molecule has 2 heterocycles. The second kappa shape index (κ2) is 10.3. The van der Waals surface area contributed by atoms with Crippen molar-refractivity contribution in [1.82, 2.24) is 19.6 Å². The van der Waals surface area contributed by atoms with Gasteiger partial charge < -0.3 is 9.80 Å². The molecule has 0 saturated carbocycles. The smallest absolute Gasteiger partial charge is 0.306 e. The fourth-order valence-corrected chi connectivity index (χ4v) is 4.16. The molecular formula is C22H31F3N4. The van der Waals surface area contributed by atoms with Gasteiger partial charge in [0.15, 0.2) is 0 Å². The number of aromatic nitrogens is 2. The number of alkyl halides is 3. The van der Waals surface area contributed by atoms with Crippen molar-refractivity contribution in [1.29, 1.82) is 0 Å². The van der Waals surface area contributed by atoms with Gasteiger partial charge in [0.05, 0.1) is 5.56 Å². The third-order valence-corrected chi connectivity index (χ3v) is 5.63. The molecule has 1 aromatic heterocycles. The number of piperidine rings is 1. The van der Waals surface area contributed by atoms with Crippen molar-refractivity contribution in [2.24, 2.45) is 5.92 Å². The lowest BCUT2D eigenvalue weighted by Crippen LogP contribution is -2.41. The van der Waals surface area contributed by atoms with Crippen LogP contribution in [0.15, 0.2) is 42.7 Å². The highest BCUT2D eigenvalue weighted by Gasteiger charge is 2.30. The van der Waals surface area contributed by atoms with E-state index in [1.165, 1.54) is 18.6 Å². The number of hydrogen-bond acceptors (Lipinski definition) is 3. The topological polar surface area (TPSA) is 24.3 Å². The molecule has 0 unspecified atom stereocenters. The third kappa shape index (κ3) is 7.16. The van der Waals surface area contributed by atoms with E-state index in [9.17, 15) is 13.2 Å². The van der Waals surface area contributed by atoms with Crippen LogP contribution in [0.5, 0.6) is 0 Å². The van der Waals surface area contributed by atoms with E-state index >= 15 is 0 Å². The molecule has 3 rings (SSSR count). The van der Waals surface area contributed by atoms with Crippen LogP contribution in [-0.2, 0) is 19.1 Å². The fourth-order valence-electron chi connectivity index (χ4n) is 4.16. The van der Waals surface area contributed by atoms with Gasteiger partial charge in [-0.1, -0.05) is 18.2 Å². The van der Waals surface area contributed by atoms with E-state index in [0.29, 0.717) is 12.3 Å². The largest absolute Gasteiger partial charge is 0.416 e. The van der Waals surface area contributed by atoms with Crippen LogP contribution < -0.4 is 0 Å². The highest BCUT2D eigenvalue weighted by Crippen LogP contribution is 2.29. The van der Waals surface area contributed by atoms with Gasteiger partial charge in [0.1, 0.15) is 0 Å². The Morgan fingerprint density at radius 2 is 2.07 bits per heavy atom. The highest BCUT2D eigenvalue weighted by atomic mass is 19.4. The van der Waals surface area contributed by atoms with Gasteiger partial charge in [-0.3, -0.25) is 4.68 Å². The average molecular weight is 409 g/mol. The summed E-state index contributed by atoms with van der Waals surface area (Å²) >= 11 is 0. The summed E-state index contributed by atoms with van der Waals surface area (Å²) in [7, 11) is 2.17. The monoisotopic (exact) mass is 408 g/mol. The van der Waals surface area contributed by atoms with Gasteiger partial charge in [0, 0.05) is 38.6 Å². The lowest BCUT2D eigenvalue weighted by atomic mass is 9.97. The molecule has 1 aromatic carbocycles. The molecule has 1 fully saturated rings. The van der Waals surface area contributed by atoms with Gasteiger partial charge in [-0.15, -0.1) is 0 Å². The Bertz CT molecular complexity index is 730. The lowest BCUT2D eigenvalue weighted by molar-refractivity contribution is -0.137. The van der Waals surface area contributed by atoms with Crippen molar-refractivity contribution in [3.63, 3.8) is 0 Å². The summed E-state index contributed by atoms with van der Waals surface area (Å²) in [6.07, 6.45) is 3.65. The van der Waals surface area contributed by atoms with Crippen LogP contribution in [0.25, 0.3) is 0 Å². The number of hydrogen-bond donors (Lipinski definition) is 0. The summed E-state index contributed by atoms with van der Waals surface area (Å²) in [6, 6.07) is 7.68. The summed E-state index contributed by atoms with van der Waals surface area (Å²) in [5, 5.41) is 4.23. The maximum atomic E-state index is 12.9. The lowest BCUT2D eigenvalue weighted by Gasteiger charge is -2.34. The minimum Gasteiger partial charge on any atom is -0.306 e. The minimum absolute atomic E-state index is 0.553. The van der Waals surface area contributed by atoms with Gasteiger partial charge in [-0.2, -0.15) is 18.3 Å². The number of benzene rings is 1. The zero-order valence-corrected chi connectivity index (χ0v) is 17.1. The van der Waals surface area contributed by atoms with Crippen LogP contribution in [0.3, 0.4) is 0 Å². The Morgan fingerprint density at radius 3 is 2.83 bits per heavy atom. The van der Waals surface area contributed by atoms with Crippen molar-refractivity contribution in [3.05, 3.63) is 53.9 Å². The molecule has 0 aliphatic carbocycles. The van der Waals surface area contributed by atoms with Crippen LogP contribution in [0.4, 0.5) is 13.2 Å². The first-order chi connectivity index (χ1) is 13.9. The SMILES string of the molecule is CN(CCCn1cccn1)C[C@H]1CCCN(CCc2cccc(C(F)(F)F)c2)C1.